The van der Waals surface area contributed by atoms with Gasteiger partial charge in [-0.25, -0.2) is 9.97 Å². The van der Waals surface area contributed by atoms with Gasteiger partial charge in [-0.05, 0) is 53.2 Å². The number of halogens is 1. The summed E-state index contributed by atoms with van der Waals surface area (Å²) in [7, 11) is 0. The van der Waals surface area contributed by atoms with Crippen molar-refractivity contribution in [2.75, 3.05) is 23.4 Å². The van der Waals surface area contributed by atoms with Crippen molar-refractivity contribution in [2.45, 2.75) is 25.4 Å². The van der Waals surface area contributed by atoms with Gasteiger partial charge in [-0.2, -0.15) is 0 Å². The molecule has 0 aliphatic heterocycles. The van der Waals surface area contributed by atoms with E-state index in [4.69, 9.17) is 0 Å². The zero-order chi connectivity index (χ0) is 15.2. The van der Waals surface area contributed by atoms with E-state index in [2.05, 4.69) is 62.5 Å². The van der Waals surface area contributed by atoms with E-state index in [1.807, 2.05) is 18.4 Å². The number of nitrogens with zero attached hydrogens (tertiary/aromatic N) is 2. The maximum atomic E-state index is 4.50. The first-order valence-corrected chi connectivity index (χ1v) is 8.84. The van der Waals surface area contributed by atoms with Gasteiger partial charge < -0.3 is 10.6 Å². The molecule has 0 spiro atoms. The zero-order valence-corrected chi connectivity index (χ0v) is 14.8. The molecule has 0 radical (unpaired) electrons. The molecule has 21 heavy (non-hydrogen) atoms. The van der Waals surface area contributed by atoms with Crippen molar-refractivity contribution in [3.63, 3.8) is 0 Å². The van der Waals surface area contributed by atoms with Gasteiger partial charge in [-0.3, -0.25) is 0 Å². The Balaban J connectivity index is 2.25. The van der Waals surface area contributed by atoms with Gasteiger partial charge in [-0.1, -0.05) is 24.8 Å². The van der Waals surface area contributed by atoms with E-state index in [0.29, 0.717) is 0 Å². The van der Waals surface area contributed by atoms with Crippen molar-refractivity contribution in [1.82, 2.24) is 9.97 Å². The van der Waals surface area contributed by atoms with Gasteiger partial charge in [0.1, 0.15) is 11.6 Å². The van der Waals surface area contributed by atoms with E-state index >= 15 is 0 Å². The van der Waals surface area contributed by atoms with Gasteiger partial charge >= 0.3 is 0 Å². The standard InChI is InChI=1S/C15H19BrN4S/c1-4-7-17-13-9-14(20-15(19-13)21-3)18-12-6-5-10(2)8-11(12)16/h5-6,8-9H,4,7H2,1-3H3,(H2,17,18,19,20). The van der Waals surface area contributed by atoms with E-state index in [1.165, 1.54) is 17.3 Å². The number of aromatic nitrogens is 2. The second-order valence-electron chi connectivity index (χ2n) is 4.66. The van der Waals surface area contributed by atoms with Crippen molar-refractivity contribution in [3.05, 3.63) is 34.3 Å². The molecule has 6 heteroatoms. The van der Waals surface area contributed by atoms with Crippen LogP contribution >= 0.6 is 27.7 Å². The van der Waals surface area contributed by atoms with Crippen molar-refractivity contribution in [1.29, 1.82) is 0 Å². The molecule has 2 N–H and O–H groups in total. The topological polar surface area (TPSA) is 49.8 Å². The molecule has 2 rings (SSSR count). The van der Waals surface area contributed by atoms with Crippen LogP contribution in [0.25, 0.3) is 0 Å². The van der Waals surface area contributed by atoms with Gasteiger partial charge in [0.25, 0.3) is 0 Å². The molecule has 112 valence electrons. The zero-order valence-electron chi connectivity index (χ0n) is 12.4. The quantitative estimate of drug-likeness (QED) is 0.565. The molecule has 0 aliphatic carbocycles. The maximum absolute atomic E-state index is 4.50. The molecule has 1 heterocycles. The minimum atomic E-state index is 0.752. The molecule has 2 aromatic rings. The van der Waals surface area contributed by atoms with Crippen LogP contribution in [0.3, 0.4) is 0 Å². The summed E-state index contributed by atoms with van der Waals surface area (Å²) in [6, 6.07) is 8.12. The molecular formula is C15H19BrN4S. The summed E-state index contributed by atoms with van der Waals surface area (Å²) in [4.78, 5) is 8.96. The normalized spacial score (nSPS) is 10.5. The Hall–Kier alpha value is -1.27. The summed E-state index contributed by atoms with van der Waals surface area (Å²) in [6.45, 7) is 5.10. The van der Waals surface area contributed by atoms with Gasteiger partial charge in [0, 0.05) is 17.1 Å². The number of rotatable bonds is 6. The van der Waals surface area contributed by atoms with Crippen LogP contribution in [0.1, 0.15) is 18.9 Å². The van der Waals surface area contributed by atoms with Gasteiger partial charge in [-0.15, -0.1) is 0 Å². The Morgan fingerprint density at radius 3 is 2.62 bits per heavy atom. The van der Waals surface area contributed by atoms with Crippen LogP contribution in [-0.2, 0) is 0 Å². The molecule has 0 saturated carbocycles. The molecule has 4 nitrogen and oxygen atoms in total. The molecule has 0 aliphatic rings. The highest BCUT2D eigenvalue weighted by atomic mass is 79.9. The number of thioether (sulfide) groups is 1. The van der Waals surface area contributed by atoms with Gasteiger partial charge in [0.2, 0.25) is 0 Å². The lowest BCUT2D eigenvalue weighted by atomic mass is 10.2. The highest BCUT2D eigenvalue weighted by Crippen LogP contribution is 2.27. The van der Waals surface area contributed by atoms with Crippen LogP contribution in [0.15, 0.2) is 33.9 Å². The van der Waals surface area contributed by atoms with Gasteiger partial charge in [0.05, 0.1) is 5.69 Å². The molecule has 0 atom stereocenters. The van der Waals surface area contributed by atoms with E-state index in [-0.39, 0.29) is 0 Å². The largest absolute Gasteiger partial charge is 0.370 e. The lowest BCUT2D eigenvalue weighted by Crippen LogP contribution is -2.05. The van der Waals surface area contributed by atoms with Crippen molar-refractivity contribution in [2.24, 2.45) is 0 Å². The third-order valence-electron chi connectivity index (χ3n) is 2.83. The van der Waals surface area contributed by atoms with Crippen molar-refractivity contribution >= 4 is 45.0 Å². The Kier molecular flexibility index (Phi) is 5.87. The Bertz CT molecular complexity index is 619. The lowest BCUT2D eigenvalue weighted by Gasteiger charge is -2.11. The number of benzene rings is 1. The minimum absolute atomic E-state index is 0.752. The van der Waals surface area contributed by atoms with E-state index in [0.717, 1.165) is 39.9 Å². The maximum Gasteiger partial charge on any atom is 0.191 e. The summed E-state index contributed by atoms with van der Waals surface area (Å²) in [5.74, 6) is 1.64. The smallest absolute Gasteiger partial charge is 0.191 e. The predicted octanol–water partition coefficient (Wildman–Crippen LogP) is 4.83. The predicted molar refractivity (Wildman–Crippen MR) is 94.8 cm³/mol. The number of aryl methyl sites for hydroxylation is 1. The molecule has 0 unspecified atom stereocenters. The molecule has 0 saturated heterocycles. The van der Waals surface area contributed by atoms with Crippen molar-refractivity contribution in [3.8, 4) is 0 Å². The number of nitrogens with one attached hydrogen (secondary N) is 2. The van der Waals surface area contributed by atoms with Crippen LogP contribution < -0.4 is 10.6 Å². The summed E-state index contributed by atoms with van der Waals surface area (Å²) in [5.41, 5.74) is 2.21. The summed E-state index contributed by atoms with van der Waals surface area (Å²) in [6.07, 6.45) is 3.04. The first kappa shape index (κ1) is 16.1. The summed E-state index contributed by atoms with van der Waals surface area (Å²) in [5, 5.41) is 7.39. The average Bonchev–Trinajstić information content (AvgIpc) is 2.48. The third-order valence-corrected chi connectivity index (χ3v) is 4.04. The van der Waals surface area contributed by atoms with Crippen LogP contribution in [0.2, 0.25) is 0 Å². The second-order valence-corrected chi connectivity index (χ2v) is 6.29. The number of hydrogen-bond acceptors (Lipinski definition) is 5. The molecule has 1 aromatic heterocycles. The fraction of sp³-hybridized carbons (Fsp3) is 0.333. The van der Waals surface area contributed by atoms with Gasteiger partial charge in [0.15, 0.2) is 5.16 Å². The molecule has 0 amide bonds. The van der Waals surface area contributed by atoms with Crippen LogP contribution in [0, 0.1) is 6.92 Å². The minimum Gasteiger partial charge on any atom is -0.370 e. The van der Waals surface area contributed by atoms with E-state index in [9.17, 15) is 0 Å². The molecule has 1 aromatic carbocycles. The molecular weight excluding hydrogens is 348 g/mol. The first-order valence-electron chi connectivity index (χ1n) is 6.82. The fourth-order valence-electron chi connectivity index (χ4n) is 1.78. The highest BCUT2D eigenvalue weighted by molar-refractivity contribution is 9.10. The van der Waals surface area contributed by atoms with Crippen LogP contribution in [0.5, 0.6) is 0 Å². The van der Waals surface area contributed by atoms with E-state index < -0.39 is 0 Å². The third kappa shape index (κ3) is 4.61. The fourth-order valence-corrected chi connectivity index (χ4v) is 2.76. The molecule has 0 bridgehead atoms. The van der Waals surface area contributed by atoms with Crippen LogP contribution in [-0.4, -0.2) is 22.8 Å². The first-order chi connectivity index (χ1) is 10.1. The van der Waals surface area contributed by atoms with Crippen molar-refractivity contribution < 1.29 is 0 Å². The monoisotopic (exact) mass is 366 g/mol. The summed E-state index contributed by atoms with van der Waals surface area (Å²) >= 11 is 5.11. The lowest BCUT2D eigenvalue weighted by molar-refractivity contribution is 0.929. The Morgan fingerprint density at radius 2 is 1.95 bits per heavy atom. The average molecular weight is 367 g/mol. The number of anilines is 3. The summed E-state index contributed by atoms with van der Waals surface area (Å²) < 4.78 is 1.02. The number of hydrogen-bond donors (Lipinski definition) is 2. The molecule has 0 fully saturated rings. The SMILES string of the molecule is CCCNc1cc(Nc2ccc(C)cc2Br)nc(SC)n1. The highest BCUT2D eigenvalue weighted by Gasteiger charge is 2.06. The second kappa shape index (κ2) is 7.66. The van der Waals surface area contributed by atoms with Crippen LogP contribution in [0.4, 0.5) is 17.3 Å². The Labute approximate surface area is 138 Å². The van der Waals surface area contributed by atoms with E-state index in [1.54, 1.807) is 0 Å². The Morgan fingerprint density at radius 1 is 1.19 bits per heavy atom.